The van der Waals surface area contributed by atoms with Gasteiger partial charge in [0.1, 0.15) is 11.5 Å². The molecule has 2 aromatic heterocycles. The molecule has 1 atom stereocenters. The van der Waals surface area contributed by atoms with Crippen molar-refractivity contribution in [2.45, 2.75) is 19.9 Å². The third kappa shape index (κ3) is 5.12. The number of esters is 1. The minimum atomic E-state index is -0.851. The number of allylic oxidation sites excluding steroid dienone is 1. The number of carbonyl (C=O) groups is 1. The van der Waals surface area contributed by atoms with E-state index in [1.165, 1.54) is 30.1 Å². The Labute approximate surface area is 247 Å². The van der Waals surface area contributed by atoms with Gasteiger partial charge in [-0.15, -0.1) is 0 Å². The van der Waals surface area contributed by atoms with Gasteiger partial charge < -0.3 is 18.6 Å². The number of fused-ring (bicyclic) bond motifs is 1. The van der Waals surface area contributed by atoms with Gasteiger partial charge >= 0.3 is 5.97 Å². The lowest BCUT2D eigenvalue weighted by molar-refractivity contribution is -0.139. The summed E-state index contributed by atoms with van der Waals surface area (Å²) in [6.07, 6.45) is 1.63. The molecule has 41 heavy (non-hydrogen) atoms. The van der Waals surface area contributed by atoms with Crippen LogP contribution in [0.25, 0.3) is 17.4 Å². The molecular formula is C30H24BrN3O6S. The first-order valence-corrected chi connectivity index (χ1v) is 14.1. The normalized spacial score (nSPS) is 14.7. The zero-order valence-corrected chi connectivity index (χ0v) is 25.0. The second kappa shape index (κ2) is 11.6. The molecule has 9 nitrogen and oxygen atoms in total. The Hall–Kier alpha value is -4.40. The van der Waals surface area contributed by atoms with Gasteiger partial charge in [-0.1, -0.05) is 39.4 Å². The zero-order valence-electron chi connectivity index (χ0n) is 22.6. The van der Waals surface area contributed by atoms with Crippen molar-refractivity contribution >= 4 is 39.3 Å². The SMILES string of the molecule is CCOC(=O)C1=C(C)N=c2s/c(=C/c3ccc(-c4ccccc4C#N)o3)c(=O)n2C1c1cc(OC)c(OC)cc1Br. The highest BCUT2D eigenvalue weighted by Gasteiger charge is 2.35. The number of hydrogen-bond acceptors (Lipinski definition) is 9. The number of thiazole rings is 1. The molecule has 0 amide bonds. The number of methoxy groups -OCH3 is 2. The summed E-state index contributed by atoms with van der Waals surface area (Å²) in [7, 11) is 3.04. The number of hydrogen-bond donors (Lipinski definition) is 0. The Kier molecular flexibility index (Phi) is 7.97. The first-order chi connectivity index (χ1) is 19.8. The number of carbonyl (C=O) groups excluding carboxylic acids is 1. The Morgan fingerprint density at radius 3 is 2.63 bits per heavy atom. The fourth-order valence-corrected chi connectivity index (χ4v) is 6.23. The maximum Gasteiger partial charge on any atom is 0.338 e. The summed E-state index contributed by atoms with van der Waals surface area (Å²) >= 11 is 4.78. The number of aromatic nitrogens is 1. The molecular weight excluding hydrogens is 610 g/mol. The van der Waals surface area contributed by atoms with Crippen LogP contribution in [0.3, 0.4) is 0 Å². The van der Waals surface area contributed by atoms with Crippen molar-refractivity contribution in [2.75, 3.05) is 20.8 Å². The van der Waals surface area contributed by atoms with Crippen LogP contribution < -0.4 is 24.4 Å². The average Bonchev–Trinajstić information content (AvgIpc) is 3.56. The van der Waals surface area contributed by atoms with E-state index in [1.54, 1.807) is 62.4 Å². The van der Waals surface area contributed by atoms with Gasteiger partial charge in [-0.2, -0.15) is 5.26 Å². The highest BCUT2D eigenvalue weighted by molar-refractivity contribution is 9.10. The molecule has 0 fully saturated rings. The van der Waals surface area contributed by atoms with Crippen molar-refractivity contribution in [1.82, 2.24) is 4.57 Å². The third-order valence-electron chi connectivity index (χ3n) is 6.53. The Morgan fingerprint density at radius 2 is 1.93 bits per heavy atom. The lowest BCUT2D eigenvalue weighted by Crippen LogP contribution is -2.40. The van der Waals surface area contributed by atoms with Gasteiger partial charge in [0, 0.05) is 16.1 Å². The summed E-state index contributed by atoms with van der Waals surface area (Å²) in [5, 5.41) is 9.46. The number of halogens is 1. The number of furan rings is 1. The number of nitrogens with zero attached hydrogens (tertiary/aromatic N) is 3. The summed E-state index contributed by atoms with van der Waals surface area (Å²) in [6.45, 7) is 3.60. The predicted molar refractivity (Wildman–Crippen MR) is 157 cm³/mol. The monoisotopic (exact) mass is 633 g/mol. The quantitative estimate of drug-likeness (QED) is 0.271. The van der Waals surface area contributed by atoms with Crippen molar-refractivity contribution in [1.29, 1.82) is 5.26 Å². The van der Waals surface area contributed by atoms with Crippen LogP contribution in [0, 0.1) is 11.3 Å². The lowest BCUT2D eigenvalue weighted by atomic mass is 9.95. The Balaban J connectivity index is 1.69. The number of benzene rings is 2. The van der Waals surface area contributed by atoms with E-state index in [0.29, 0.717) is 59.2 Å². The maximum atomic E-state index is 14.0. The second-order valence-corrected chi connectivity index (χ2v) is 10.8. The molecule has 0 saturated carbocycles. The molecule has 208 valence electrons. The van der Waals surface area contributed by atoms with Gasteiger partial charge in [-0.05, 0) is 55.8 Å². The van der Waals surface area contributed by atoms with E-state index in [4.69, 9.17) is 18.6 Å². The number of nitriles is 1. The minimum Gasteiger partial charge on any atom is -0.493 e. The van der Waals surface area contributed by atoms with Crippen molar-refractivity contribution in [3.05, 3.63) is 101 Å². The van der Waals surface area contributed by atoms with E-state index in [2.05, 4.69) is 27.0 Å². The zero-order chi connectivity index (χ0) is 29.3. The van der Waals surface area contributed by atoms with Crippen LogP contribution in [0.1, 0.15) is 36.8 Å². The lowest BCUT2D eigenvalue weighted by Gasteiger charge is -2.26. The highest BCUT2D eigenvalue weighted by atomic mass is 79.9. The van der Waals surface area contributed by atoms with E-state index < -0.39 is 12.0 Å². The van der Waals surface area contributed by atoms with Crippen LogP contribution in [-0.2, 0) is 9.53 Å². The second-order valence-electron chi connectivity index (χ2n) is 8.89. The van der Waals surface area contributed by atoms with Gasteiger partial charge in [-0.3, -0.25) is 9.36 Å². The van der Waals surface area contributed by atoms with Crippen LogP contribution in [0.15, 0.2) is 78.5 Å². The molecule has 1 aliphatic heterocycles. The summed E-state index contributed by atoms with van der Waals surface area (Å²) in [4.78, 5) is 32.2. The van der Waals surface area contributed by atoms with Gasteiger partial charge in [0.15, 0.2) is 16.3 Å². The molecule has 0 saturated heterocycles. The summed E-state index contributed by atoms with van der Waals surface area (Å²) in [5.74, 6) is 1.30. The molecule has 1 unspecified atom stereocenters. The molecule has 11 heteroatoms. The van der Waals surface area contributed by atoms with Crippen LogP contribution in [0.2, 0.25) is 0 Å². The first kappa shape index (κ1) is 28.1. The maximum absolute atomic E-state index is 14.0. The standard InChI is InChI=1S/C30H24BrN3O6S/c1-5-39-29(36)26-16(2)33-30-34(27(26)20-13-23(37-3)24(38-4)14-21(20)31)28(35)25(41-30)12-18-10-11-22(40-18)19-9-7-6-8-17(19)15-32/h6-14,27H,5H2,1-4H3/b25-12+. The minimum absolute atomic E-state index is 0.162. The highest BCUT2D eigenvalue weighted by Crippen LogP contribution is 2.40. The van der Waals surface area contributed by atoms with E-state index in [1.807, 2.05) is 6.07 Å². The van der Waals surface area contributed by atoms with Crippen molar-refractivity contribution in [2.24, 2.45) is 4.99 Å². The van der Waals surface area contributed by atoms with E-state index in [9.17, 15) is 14.9 Å². The Morgan fingerprint density at radius 1 is 1.20 bits per heavy atom. The summed E-state index contributed by atoms with van der Waals surface area (Å²) in [5.41, 5.74) is 2.06. The first-order valence-electron chi connectivity index (χ1n) is 12.5. The number of ether oxygens (including phenoxy) is 3. The van der Waals surface area contributed by atoms with Gasteiger partial charge in [0.25, 0.3) is 5.56 Å². The Bertz CT molecular complexity index is 1930. The molecule has 0 aliphatic carbocycles. The van der Waals surface area contributed by atoms with Gasteiger partial charge in [-0.25, -0.2) is 9.79 Å². The van der Waals surface area contributed by atoms with Crippen LogP contribution in [0.4, 0.5) is 0 Å². The topological polar surface area (TPSA) is 116 Å². The average molecular weight is 635 g/mol. The largest absolute Gasteiger partial charge is 0.493 e. The van der Waals surface area contributed by atoms with Crippen LogP contribution in [0.5, 0.6) is 11.5 Å². The van der Waals surface area contributed by atoms with Crippen LogP contribution >= 0.6 is 27.3 Å². The van der Waals surface area contributed by atoms with Gasteiger partial charge in [0.2, 0.25) is 0 Å². The van der Waals surface area contributed by atoms with Crippen molar-refractivity contribution in [3.63, 3.8) is 0 Å². The summed E-state index contributed by atoms with van der Waals surface area (Å²) in [6, 6.07) is 15.4. The molecule has 0 N–H and O–H groups in total. The van der Waals surface area contributed by atoms with E-state index in [0.717, 1.165) is 0 Å². The smallest absolute Gasteiger partial charge is 0.338 e. The van der Waals surface area contributed by atoms with E-state index in [-0.39, 0.29) is 17.7 Å². The fraction of sp³-hybridized carbons (Fsp3) is 0.200. The molecule has 2 aromatic carbocycles. The van der Waals surface area contributed by atoms with Gasteiger partial charge in [0.05, 0.1) is 54.3 Å². The fourth-order valence-electron chi connectivity index (χ4n) is 4.67. The molecule has 4 aromatic rings. The molecule has 0 bridgehead atoms. The molecule has 0 spiro atoms. The predicted octanol–water partition coefficient (Wildman–Crippen LogP) is 4.71. The van der Waals surface area contributed by atoms with E-state index >= 15 is 0 Å². The molecule has 5 rings (SSSR count). The summed E-state index contributed by atoms with van der Waals surface area (Å²) < 4.78 is 24.8. The molecule has 3 heterocycles. The van der Waals surface area contributed by atoms with Crippen molar-refractivity contribution in [3.8, 4) is 28.9 Å². The van der Waals surface area contributed by atoms with Crippen molar-refractivity contribution < 1.29 is 23.4 Å². The third-order valence-corrected chi connectivity index (χ3v) is 8.20. The van der Waals surface area contributed by atoms with Crippen LogP contribution in [-0.4, -0.2) is 31.4 Å². The molecule has 1 aliphatic rings. The number of rotatable bonds is 7. The molecule has 0 radical (unpaired) electrons.